The second kappa shape index (κ2) is 11.6. The Morgan fingerprint density at radius 1 is 1.03 bits per heavy atom. The third kappa shape index (κ3) is 6.13. The molecular weight excluding hydrogens is 414 g/mol. The van der Waals surface area contributed by atoms with E-state index in [0.717, 1.165) is 18.0 Å². The van der Waals surface area contributed by atoms with Crippen LogP contribution < -0.4 is 24.5 Å². The zero-order chi connectivity index (χ0) is 22.1. The molecule has 7 nitrogen and oxygen atoms in total. The Morgan fingerprint density at radius 3 is 2.29 bits per heavy atom. The van der Waals surface area contributed by atoms with Crippen LogP contribution in [-0.2, 0) is 0 Å². The molecule has 1 saturated heterocycles. The molecule has 1 N–H and O–H groups in total. The molecule has 1 amide bonds. The van der Waals surface area contributed by atoms with E-state index in [0.29, 0.717) is 42.6 Å². The van der Waals surface area contributed by atoms with Crippen molar-refractivity contribution in [3.63, 3.8) is 0 Å². The van der Waals surface area contributed by atoms with Gasteiger partial charge in [-0.05, 0) is 64.3 Å². The van der Waals surface area contributed by atoms with E-state index in [1.54, 1.807) is 29.7 Å². The molecule has 0 atom stereocenters. The minimum atomic E-state index is -0.339. The maximum atomic E-state index is 12.7. The van der Waals surface area contributed by atoms with Crippen molar-refractivity contribution < 1.29 is 19.0 Å². The molecule has 2 heterocycles. The molecule has 1 aliphatic heterocycles. The minimum Gasteiger partial charge on any atom is -0.490 e. The van der Waals surface area contributed by atoms with Gasteiger partial charge >= 0.3 is 0 Å². The molecule has 31 heavy (non-hydrogen) atoms. The summed E-state index contributed by atoms with van der Waals surface area (Å²) in [5, 5.41) is 5.39. The standard InChI is InChI=1S/C23H31N3O4S/c1-4-28-19-14-17(15-20(29-5-2)22(19)30-6-3)23(27)25-24-16-18-10-11-21(31-18)26-12-8-7-9-13-26/h10-11,14-16H,4-9,12-13H2,1-3H3,(H,25,27)/b24-16+. The lowest BCUT2D eigenvalue weighted by molar-refractivity contribution is 0.0954. The van der Waals surface area contributed by atoms with Crippen LogP contribution in [0.1, 0.15) is 55.3 Å². The maximum absolute atomic E-state index is 12.7. The number of nitrogens with zero attached hydrogens (tertiary/aromatic N) is 2. The molecule has 3 rings (SSSR count). The van der Waals surface area contributed by atoms with Gasteiger partial charge in [0.25, 0.3) is 5.91 Å². The highest BCUT2D eigenvalue weighted by Crippen LogP contribution is 2.39. The molecule has 8 heteroatoms. The lowest BCUT2D eigenvalue weighted by atomic mass is 10.1. The highest BCUT2D eigenvalue weighted by atomic mass is 32.1. The van der Waals surface area contributed by atoms with Crippen molar-refractivity contribution in [1.82, 2.24) is 5.43 Å². The lowest BCUT2D eigenvalue weighted by Gasteiger charge is -2.27. The normalized spacial score (nSPS) is 14.0. The predicted octanol–water partition coefficient (Wildman–Crippen LogP) is 4.70. The molecular formula is C23H31N3O4S. The van der Waals surface area contributed by atoms with E-state index < -0.39 is 0 Å². The molecule has 168 valence electrons. The van der Waals surface area contributed by atoms with Crippen molar-refractivity contribution in [1.29, 1.82) is 0 Å². The molecule has 0 aliphatic carbocycles. The van der Waals surface area contributed by atoms with E-state index in [1.165, 1.54) is 24.3 Å². The molecule has 0 radical (unpaired) electrons. The first-order chi connectivity index (χ1) is 15.2. The summed E-state index contributed by atoms with van der Waals surface area (Å²) >= 11 is 1.68. The Hall–Kier alpha value is -2.74. The smallest absolute Gasteiger partial charge is 0.271 e. The number of nitrogens with one attached hydrogen (secondary N) is 1. The minimum absolute atomic E-state index is 0.339. The summed E-state index contributed by atoms with van der Waals surface area (Å²) in [6.07, 6.45) is 5.47. The van der Waals surface area contributed by atoms with Crippen molar-refractivity contribution >= 4 is 28.5 Å². The fourth-order valence-electron chi connectivity index (χ4n) is 3.43. The number of hydrogen-bond donors (Lipinski definition) is 1. The number of hydrogen-bond acceptors (Lipinski definition) is 7. The van der Waals surface area contributed by atoms with Gasteiger partial charge in [-0.1, -0.05) is 0 Å². The molecule has 0 unspecified atom stereocenters. The average Bonchev–Trinajstić information content (AvgIpc) is 3.25. The number of anilines is 1. The fourth-order valence-corrected chi connectivity index (χ4v) is 4.37. The van der Waals surface area contributed by atoms with Crippen LogP contribution in [0.2, 0.25) is 0 Å². The summed E-state index contributed by atoms with van der Waals surface area (Å²) in [5.74, 6) is 1.13. The van der Waals surface area contributed by atoms with Crippen LogP contribution in [0.25, 0.3) is 0 Å². The van der Waals surface area contributed by atoms with Crippen molar-refractivity contribution in [3.05, 3.63) is 34.7 Å². The van der Waals surface area contributed by atoms with Gasteiger partial charge in [0.1, 0.15) is 0 Å². The van der Waals surface area contributed by atoms with Crippen molar-refractivity contribution in [3.8, 4) is 17.2 Å². The van der Waals surface area contributed by atoms with Crippen LogP contribution in [-0.4, -0.2) is 45.0 Å². The first-order valence-electron chi connectivity index (χ1n) is 10.9. The highest BCUT2D eigenvalue weighted by molar-refractivity contribution is 7.17. The maximum Gasteiger partial charge on any atom is 0.271 e. The van der Waals surface area contributed by atoms with Crippen LogP contribution in [0.3, 0.4) is 0 Å². The summed E-state index contributed by atoms with van der Waals surface area (Å²) in [6.45, 7) is 9.24. The molecule has 1 aromatic heterocycles. The quantitative estimate of drug-likeness (QED) is 0.424. The Morgan fingerprint density at radius 2 is 1.68 bits per heavy atom. The predicted molar refractivity (Wildman–Crippen MR) is 125 cm³/mol. The first kappa shape index (κ1) is 22.9. The van der Waals surface area contributed by atoms with Crippen molar-refractivity contribution in [2.45, 2.75) is 40.0 Å². The first-order valence-corrected chi connectivity index (χ1v) is 11.7. The van der Waals surface area contributed by atoms with E-state index in [9.17, 15) is 4.79 Å². The molecule has 0 bridgehead atoms. The summed E-state index contributed by atoms with van der Waals surface area (Å²) in [6, 6.07) is 7.46. The highest BCUT2D eigenvalue weighted by Gasteiger charge is 2.18. The number of carbonyl (C=O) groups excluding carboxylic acids is 1. The monoisotopic (exact) mass is 445 g/mol. The van der Waals surface area contributed by atoms with Crippen molar-refractivity contribution in [2.24, 2.45) is 5.10 Å². The van der Waals surface area contributed by atoms with Gasteiger partial charge in [-0.3, -0.25) is 4.79 Å². The molecule has 0 spiro atoms. The number of rotatable bonds is 10. The molecule has 1 aliphatic rings. The van der Waals surface area contributed by atoms with Gasteiger partial charge in [0, 0.05) is 23.5 Å². The van der Waals surface area contributed by atoms with Crippen LogP contribution >= 0.6 is 11.3 Å². The van der Waals surface area contributed by atoms with Gasteiger partial charge in [-0.2, -0.15) is 5.10 Å². The molecule has 1 aromatic carbocycles. The second-order valence-electron chi connectivity index (χ2n) is 7.02. The summed E-state index contributed by atoms with van der Waals surface area (Å²) in [7, 11) is 0. The van der Waals surface area contributed by atoms with Gasteiger partial charge in [0.2, 0.25) is 5.75 Å². The largest absolute Gasteiger partial charge is 0.490 e. The van der Waals surface area contributed by atoms with Gasteiger partial charge < -0.3 is 19.1 Å². The van der Waals surface area contributed by atoms with Crippen molar-refractivity contribution in [2.75, 3.05) is 37.8 Å². The third-order valence-corrected chi connectivity index (χ3v) is 5.89. The lowest BCUT2D eigenvalue weighted by Crippen LogP contribution is -2.28. The number of amides is 1. The van der Waals surface area contributed by atoms with E-state index in [4.69, 9.17) is 14.2 Å². The van der Waals surface area contributed by atoms with E-state index in [-0.39, 0.29) is 5.91 Å². The number of hydrazone groups is 1. The van der Waals surface area contributed by atoms with Crippen LogP contribution in [0.15, 0.2) is 29.4 Å². The number of carbonyl (C=O) groups is 1. The van der Waals surface area contributed by atoms with Crippen LogP contribution in [0, 0.1) is 0 Å². The van der Waals surface area contributed by atoms with Gasteiger partial charge in [-0.15, -0.1) is 11.3 Å². The Labute approximate surface area is 188 Å². The number of thiophene rings is 1. The van der Waals surface area contributed by atoms with Gasteiger partial charge in [0.05, 0.1) is 31.0 Å². The number of benzene rings is 1. The average molecular weight is 446 g/mol. The zero-order valence-electron chi connectivity index (χ0n) is 18.5. The van der Waals surface area contributed by atoms with E-state index >= 15 is 0 Å². The molecule has 0 saturated carbocycles. The third-order valence-electron chi connectivity index (χ3n) is 4.81. The van der Waals surface area contributed by atoms with E-state index in [1.807, 2.05) is 26.8 Å². The molecule has 1 fully saturated rings. The summed E-state index contributed by atoms with van der Waals surface area (Å²) in [5.41, 5.74) is 2.99. The SMILES string of the molecule is CCOc1cc(C(=O)N/N=C/c2ccc(N3CCCCC3)s2)cc(OCC)c1OCC. The molecule has 2 aromatic rings. The Bertz CT molecular complexity index is 864. The Balaban J connectivity index is 1.70. The van der Waals surface area contributed by atoms with Gasteiger partial charge in [0.15, 0.2) is 11.5 Å². The fraction of sp³-hybridized carbons (Fsp3) is 0.478. The topological polar surface area (TPSA) is 72.4 Å². The Kier molecular flexibility index (Phi) is 8.58. The van der Waals surface area contributed by atoms with E-state index in [2.05, 4.69) is 21.5 Å². The zero-order valence-corrected chi connectivity index (χ0v) is 19.3. The summed E-state index contributed by atoms with van der Waals surface area (Å²) in [4.78, 5) is 16.1. The summed E-state index contributed by atoms with van der Waals surface area (Å²) < 4.78 is 17.0. The van der Waals surface area contributed by atoms with Crippen LogP contribution in [0.4, 0.5) is 5.00 Å². The second-order valence-corrected chi connectivity index (χ2v) is 8.12. The van der Waals surface area contributed by atoms with Crippen LogP contribution in [0.5, 0.6) is 17.2 Å². The number of ether oxygens (including phenoxy) is 3. The van der Waals surface area contributed by atoms with Gasteiger partial charge in [-0.25, -0.2) is 5.43 Å². The number of piperidine rings is 1.